The molecule has 88 valence electrons. The van der Waals surface area contributed by atoms with Crippen LogP contribution in [-0.2, 0) is 0 Å². The number of aliphatic hydroxyl groups is 1. The van der Waals surface area contributed by atoms with Gasteiger partial charge in [0.2, 0.25) is 0 Å². The van der Waals surface area contributed by atoms with E-state index in [1.165, 1.54) is 5.56 Å². The molecule has 3 unspecified atom stereocenters. The third-order valence-corrected chi connectivity index (χ3v) is 3.99. The summed E-state index contributed by atoms with van der Waals surface area (Å²) in [5, 5.41) is 10.0. The normalized spacial score (nSPS) is 30.6. The van der Waals surface area contributed by atoms with E-state index in [4.69, 9.17) is 0 Å². The van der Waals surface area contributed by atoms with Crippen LogP contribution in [0.25, 0.3) is 0 Å². The van der Waals surface area contributed by atoms with Gasteiger partial charge in [-0.1, -0.05) is 44.2 Å². The lowest BCUT2D eigenvalue weighted by atomic mass is 9.72. The molecular weight excluding hydrogens is 196 g/mol. The van der Waals surface area contributed by atoms with Crippen molar-refractivity contribution in [1.29, 1.82) is 0 Å². The molecule has 0 spiro atoms. The second kappa shape index (κ2) is 5.01. The van der Waals surface area contributed by atoms with Crippen molar-refractivity contribution in [2.45, 2.75) is 45.1 Å². The van der Waals surface area contributed by atoms with Crippen molar-refractivity contribution >= 4 is 0 Å². The van der Waals surface area contributed by atoms with Crippen molar-refractivity contribution in [3.63, 3.8) is 0 Å². The highest BCUT2D eigenvalue weighted by molar-refractivity contribution is 5.20. The van der Waals surface area contributed by atoms with Gasteiger partial charge < -0.3 is 5.11 Å². The predicted molar refractivity (Wildman–Crippen MR) is 67.4 cm³/mol. The van der Waals surface area contributed by atoms with Gasteiger partial charge in [0.1, 0.15) is 0 Å². The van der Waals surface area contributed by atoms with Gasteiger partial charge in [-0.15, -0.1) is 0 Å². The van der Waals surface area contributed by atoms with E-state index < -0.39 is 0 Å². The summed E-state index contributed by atoms with van der Waals surface area (Å²) in [6.07, 6.45) is 3.15. The van der Waals surface area contributed by atoms with Gasteiger partial charge in [0.05, 0.1) is 6.10 Å². The first-order valence-electron chi connectivity index (χ1n) is 6.41. The minimum Gasteiger partial charge on any atom is -0.393 e. The fourth-order valence-electron chi connectivity index (χ4n) is 2.93. The van der Waals surface area contributed by atoms with Gasteiger partial charge in [-0.3, -0.25) is 0 Å². The Morgan fingerprint density at radius 2 is 1.81 bits per heavy atom. The number of benzene rings is 1. The van der Waals surface area contributed by atoms with E-state index in [9.17, 15) is 5.11 Å². The highest BCUT2D eigenvalue weighted by atomic mass is 16.3. The van der Waals surface area contributed by atoms with Crippen LogP contribution in [0.3, 0.4) is 0 Å². The maximum absolute atomic E-state index is 10.0. The molecule has 1 heteroatoms. The lowest BCUT2D eigenvalue weighted by Crippen LogP contribution is -2.31. The van der Waals surface area contributed by atoms with Gasteiger partial charge in [0, 0.05) is 0 Å². The zero-order valence-corrected chi connectivity index (χ0v) is 10.3. The first-order valence-corrected chi connectivity index (χ1v) is 6.41. The minimum atomic E-state index is -0.0834. The Labute approximate surface area is 98.5 Å². The minimum absolute atomic E-state index is 0.0834. The molecule has 0 aromatic heterocycles. The standard InChI is InChI=1S/C15H22O/c1-11(2)14-10-13(8-9-15(14)16)12-6-4-3-5-7-12/h3-7,11,13-16H,8-10H2,1-2H3. The van der Waals surface area contributed by atoms with Crippen molar-refractivity contribution < 1.29 is 5.11 Å². The first kappa shape index (κ1) is 11.7. The smallest absolute Gasteiger partial charge is 0.0571 e. The topological polar surface area (TPSA) is 20.2 Å². The Kier molecular flexibility index (Phi) is 3.65. The van der Waals surface area contributed by atoms with E-state index >= 15 is 0 Å². The Morgan fingerprint density at radius 3 is 2.44 bits per heavy atom. The SMILES string of the molecule is CC(C)C1CC(c2ccccc2)CCC1O. The molecule has 1 saturated carbocycles. The zero-order chi connectivity index (χ0) is 11.5. The van der Waals surface area contributed by atoms with Crippen LogP contribution in [0.4, 0.5) is 0 Å². The van der Waals surface area contributed by atoms with Gasteiger partial charge in [-0.25, -0.2) is 0 Å². The van der Waals surface area contributed by atoms with E-state index in [-0.39, 0.29) is 6.10 Å². The molecule has 0 saturated heterocycles. The highest BCUT2D eigenvalue weighted by Gasteiger charge is 2.31. The lowest BCUT2D eigenvalue weighted by Gasteiger charge is -2.36. The molecule has 1 aromatic rings. The summed E-state index contributed by atoms with van der Waals surface area (Å²) in [7, 11) is 0. The number of aliphatic hydroxyl groups excluding tert-OH is 1. The largest absolute Gasteiger partial charge is 0.393 e. The van der Waals surface area contributed by atoms with Gasteiger partial charge >= 0.3 is 0 Å². The predicted octanol–water partition coefficient (Wildman–Crippen LogP) is 3.59. The van der Waals surface area contributed by atoms with Crippen LogP contribution in [-0.4, -0.2) is 11.2 Å². The van der Waals surface area contributed by atoms with Crippen molar-refractivity contribution in [3.05, 3.63) is 35.9 Å². The molecular formula is C15H22O. The summed E-state index contributed by atoms with van der Waals surface area (Å²) in [6, 6.07) is 10.7. The molecule has 0 amide bonds. The molecule has 0 bridgehead atoms. The molecule has 16 heavy (non-hydrogen) atoms. The van der Waals surface area contributed by atoms with Crippen LogP contribution < -0.4 is 0 Å². The van der Waals surface area contributed by atoms with Crippen molar-refractivity contribution in [3.8, 4) is 0 Å². The first-order chi connectivity index (χ1) is 7.68. The van der Waals surface area contributed by atoms with Crippen molar-refractivity contribution in [2.75, 3.05) is 0 Å². The van der Waals surface area contributed by atoms with Crippen LogP contribution in [0.5, 0.6) is 0 Å². The molecule has 0 heterocycles. The van der Waals surface area contributed by atoms with Gasteiger partial charge in [0.25, 0.3) is 0 Å². The number of hydrogen-bond acceptors (Lipinski definition) is 1. The molecule has 1 aromatic carbocycles. The van der Waals surface area contributed by atoms with Crippen LogP contribution in [0.1, 0.15) is 44.6 Å². The van der Waals surface area contributed by atoms with Crippen molar-refractivity contribution in [1.82, 2.24) is 0 Å². The van der Waals surface area contributed by atoms with Crippen molar-refractivity contribution in [2.24, 2.45) is 11.8 Å². The number of hydrogen-bond donors (Lipinski definition) is 1. The molecule has 1 nitrogen and oxygen atoms in total. The fourth-order valence-corrected chi connectivity index (χ4v) is 2.93. The molecule has 0 aliphatic heterocycles. The molecule has 1 N–H and O–H groups in total. The lowest BCUT2D eigenvalue weighted by molar-refractivity contribution is 0.0379. The third-order valence-electron chi connectivity index (χ3n) is 3.99. The van der Waals surface area contributed by atoms with E-state index in [0.717, 1.165) is 19.3 Å². The zero-order valence-electron chi connectivity index (χ0n) is 10.3. The van der Waals surface area contributed by atoms with Crippen LogP contribution >= 0.6 is 0 Å². The molecule has 1 aliphatic carbocycles. The monoisotopic (exact) mass is 218 g/mol. The molecule has 3 atom stereocenters. The van der Waals surface area contributed by atoms with Gasteiger partial charge in [-0.05, 0) is 42.6 Å². The molecule has 1 fully saturated rings. The van der Waals surface area contributed by atoms with Crippen LogP contribution in [0.15, 0.2) is 30.3 Å². The summed E-state index contributed by atoms with van der Waals surface area (Å²) in [6.45, 7) is 4.45. The summed E-state index contributed by atoms with van der Waals surface area (Å²) in [5.74, 6) is 1.71. The van der Waals surface area contributed by atoms with Gasteiger partial charge in [0.15, 0.2) is 0 Å². The van der Waals surface area contributed by atoms with E-state index in [2.05, 4.69) is 44.2 Å². The average Bonchev–Trinajstić information content (AvgIpc) is 2.30. The number of rotatable bonds is 2. The maximum atomic E-state index is 10.0. The van der Waals surface area contributed by atoms with E-state index in [1.807, 2.05) is 0 Å². The molecule has 1 aliphatic rings. The Hall–Kier alpha value is -0.820. The Balaban J connectivity index is 2.09. The third kappa shape index (κ3) is 2.46. The average molecular weight is 218 g/mol. The summed E-state index contributed by atoms with van der Waals surface area (Å²) < 4.78 is 0. The second-order valence-electron chi connectivity index (χ2n) is 5.40. The molecule has 0 radical (unpaired) electrons. The van der Waals surface area contributed by atoms with Crippen LogP contribution in [0, 0.1) is 11.8 Å². The fraction of sp³-hybridized carbons (Fsp3) is 0.600. The quantitative estimate of drug-likeness (QED) is 0.804. The summed E-state index contributed by atoms with van der Waals surface area (Å²) >= 11 is 0. The Bertz CT molecular complexity index is 317. The Morgan fingerprint density at radius 1 is 1.12 bits per heavy atom. The second-order valence-corrected chi connectivity index (χ2v) is 5.40. The molecule has 2 rings (SSSR count). The summed E-state index contributed by atoms with van der Waals surface area (Å²) in [5.41, 5.74) is 1.44. The van der Waals surface area contributed by atoms with E-state index in [1.54, 1.807) is 0 Å². The summed E-state index contributed by atoms with van der Waals surface area (Å²) in [4.78, 5) is 0. The highest BCUT2D eigenvalue weighted by Crippen LogP contribution is 2.39. The van der Waals surface area contributed by atoms with Gasteiger partial charge in [-0.2, -0.15) is 0 Å². The van der Waals surface area contributed by atoms with E-state index in [0.29, 0.717) is 17.8 Å². The van der Waals surface area contributed by atoms with Crippen LogP contribution in [0.2, 0.25) is 0 Å². The maximum Gasteiger partial charge on any atom is 0.0571 e.